The van der Waals surface area contributed by atoms with Crippen molar-refractivity contribution in [3.05, 3.63) is 91.6 Å². The number of allylic oxidation sites excluding steroid dienone is 4. The smallest absolute Gasteiger partial charge is 0.122 e. The third kappa shape index (κ3) is 7.27. The minimum absolute atomic E-state index is 0.0212. The Balaban J connectivity index is 2.42. The molecule has 31 heavy (non-hydrogen) atoms. The molecule has 2 aromatic rings. The van der Waals surface area contributed by atoms with Crippen molar-refractivity contribution in [3.63, 3.8) is 0 Å². The Morgan fingerprint density at radius 2 is 1.97 bits per heavy atom. The van der Waals surface area contributed by atoms with Crippen LogP contribution in [0.2, 0.25) is 0 Å². The van der Waals surface area contributed by atoms with Gasteiger partial charge < -0.3 is 14.8 Å². The first-order chi connectivity index (χ1) is 14.9. The van der Waals surface area contributed by atoms with Gasteiger partial charge in [-0.3, -0.25) is 4.99 Å². The Morgan fingerprint density at radius 3 is 2.61 bits per heavy atom. The molecule has 0 saturated carbocycles. The van der Waals surface area contributed by atoms with Crippen LogP contribution in [0.15, 0.2) is 91.0 Å². The van der Waals surface area contributed by atoms with E-state index in [4.69, 9.17) is 14.5 Å². The van der Waals surface area contributed by atoms with Gasteiger partial charge in [0, 0.05) is 28.7 Å². The first-order valence-corrected chi connectivity index (χ1v) is 10.8. The van der Waals surface area contributed by atoms with Gasteiger partial charge in [0.15, 0.2) is 0 Å². The summed E-state index contributed by atoms with van der Waals surface area (Å²) in [7, 11) is 2.62. The first kappa shape index (κ1) is 24.2. The van der Waals surface area contributed by atoms with Crippen LogP contribution in [-0.2, 0) is 0 Å². The Hall–Kier alpha value is -3.10. The highest BCUT2D eigenvalue weighted by atomic mass is 31.0. The molecule has 0 aromatic heterocycles. The first-order valence-electron chi connectivity index (χ1n) is 10.1. The number of hydrogen-bond acceptors (Lipinski definition) is 4. The van der Waals surface area contributed by atoms with E-state index in [1.165, 1.54) is 0 Å². The summed E-state index contributed by atoms with van der Waals surface area (Å²) >= 11 is 0. The zero-order valence-electron chi connectivity index (χ0n) is 18.5. The van der Waals surface area contributed by atoms with Crippen molar-refractivity contribution >= 4 is 32.0 Å². The molecule has 4 nitrogen and oxygen atoms in total. The van der Waals surface area contributed by atoms with E-state index in [9.17, 15) is 0 Å². The number of nitrogens with one attached hydrogen (secondary N) is 1. The average Bonchev–Trinajstić information content (AvgIpc) is 2.72. The van der Waals surface area contributed by atoms with E-state index in [-0.39, 0.29) is 5.85 Å². The summed E-state index contributed by atoms with van der Waals surface area (Å²) in [6.07, 6.45) is 5.37. The average molecular weight is 435 g/mol. The topological polar surface area (TPSA) is 42.8 Å². The van der Waals surface area contributed by atoms with E-state index >= 15 is 0 Å². The van der Waals surface area contributed by atoms with Gasteiger partial charge in [-0.1, -0.05) is 53.3 Å². The molecule has 162 valence electrons. The lowest BCUT2D eigenvalue weighted by atomic mass is 10.1. The summed E-state index contributed by atoms with van der Waals surface area (Å²) in [6.45, 7) is 18.3. The van der Waals surface area contributed by atoms with Crippen LogP contribution in [0.1, 0.15) is 26.3 Å². The van der Waals surface area contributed by atoms with Gasteiger partial charge in [0.25, 0.3) is 0 Å². The monoisotopic (exact) mass is 434 g/mol. The van der Waals surface area contributed by atoms with Gasteiger partial charge in [0.05, 0.1) is 12.3 Å². The van der Waals surface area contributed by atoms with Crippen LogP contribution in [0.4, 0.5) is 11.4 Å². The second kappa shape index (κ2) is 11.9. The maximum atomic E-state index is 5.76. The van der Waals surface area contributed by atoms with Crippen LogP contribution in [0.3, 0.4) is 0 Å². The maximum Gasteiger partial charge on any atom is 0.122 e. The molecule has 0 aliphatic carbocycles. The SMILES string of the molecule is C=C/C=C(C=C)/C(C)=N/c1ccc(OCC)cc1C(=C)Nc1cccc(OC(C)P)c1. The van der Waals surface area contributed by atoms with E-state index < -0.39 is 0 Å². The van der Waals surface area contributed by atoms with Gasteiger partial charge in [-0.25, -0.2) is 0 Å². The third-order valence-electron chi connectivity index (χ3n) is 4.28. The van der Waals surface area contributed by atoms with Crippen molar-refractivity contribution in [1.82, 2.24) is 0 Å². The summed E-state index contributed by atoms with van der Waals surface area (Å²) in [5.74, 6) is 1.56. The second-order valence-corrected chi connectivity index (χ2v) is 7.76. The van der Waals surface area contributed by atoms with E-state index in [2.05, 4.69) is 34.3 Å². The maximum absolute atomic E-state index is 5.76. The highest BCUT2D eigenvalue weighted by Crippen LogP contribution is 2.32. The summed E-state index contributed by atoms with van der Waals surface area (Å²) < 4.78 is 11.5. The van der Waals surface area contributed by atoms with Crippen LogP contribution >= 0.6 is 9.24 Å². The summed E-state index contributed by atoms with van der Waals surface area (Å²) in [5, 5.41) is 3.37. The predicted molar refractivity (Wildman–Crippen MR) is 138 cm³/mol. The summed E-state index contributed by atoms with van der Waals surface area (Å²) in [6, 6.07) is 13.6. The van der Waals surface area contributed by atoms with Crippen molar-refractivity contribution in [1.29, 1.82) is 0 Å². The fourth-order valence-electron chi connectivity index (χ4n) is 2.92. The van der Waals surface area contributed by atoms with Crippen molar-refractivity contribution in [2.45, 2.75) is 26.6 Å². The molecule has 0 heterocycles. The fourth-order valence-corrected chi connectivity index (χ4v) is 3.08. The van der Waals surface area contributed by atoms with E-state index in [0.717, 1.165) is 39.7 Å². The molecule has 2 rings (SSSR count). The Kier molecular flexibility index (Phi) is 9.30. The number of nitrogens with zero attached hydrogens (tertiary/aromatic N) is 1. The number of anilines is 1. The predicted octanol–water partition coefficient (Wildman–Crippen LogP) is 7.16. The summed E-state index contributed by atoms with van der Waals surface area (Å²) in [4.78, 5) is 4.82. The molecule has 0 saturated heterocycles. The lowest BCUT2D eigenvalue weighted by Gasteiger charge is -2.16. The molecule has 0 fully saturated rings. The number of ether oxygens (including phenoxy) is 2. The van der Waals surface area contributed by atoms with Crippen LogP contribution in [-0.4, -0.2) is 18.2 Å². The van der Waals surface area contributed by atoms with Gasteiger partial charge >= 0.3 is 0 Å². The van der Waals surface area contributed by atoms with Gasteiger partial charge in [-0.05, 0) is 56.7 Å². The van der Waals surface area contributed by atoms with Gasteiger partial charge in [0.1, 0.15) is 17.3 Å². The van der Waals surface area contributed by atoms with Gasteiger partial charge in [-0.15, -0.1) is 0 Å². The van der Waals surface area contributed by atoms with Crippen LogP contribution < -0.4 is 14.8 Å². The van der Waals surface area contributed by atoms with Crippen LogP contribution in [0.25, 0.3) is 5.70 Å². The third-order valence-corrected chi connectivity index (χ3v) is 4.41. The van der Waals surface area contributed by atoms with Crippen LogP contribution in [0.5, 0.6) is 11.5 Å². The molecule has 0 aliphatic heterocycles. The molecule has 2 aromatic carbocycles. The minimum atomic E-state index is 0.0212. The lowest BCUT2D eigenvalue weighted by Crippen LogP contribution is -2.03. The molecule has 2 unspecified atom stereocenters. The molecule has 1 N–H and O–H groups in total. The van der Waals surface area contributed by atoms with Crippen molar-refractivity contribution < 1.29 is 9.47 Å². The number of aliphatic imine (C=N–C) groups is 1. The number of benzene rings is 2. The standard InChI is InChI=1S/C26H31N2O2P/c1-7-11-21(8-2)18(4)28-26-15-14-23(29-9-3)17-25(26)19(5)27-22-12-10-13-24(16-22)30-20(6)31/h7-8,10-17,20,27H,1-2,5,9,31H2,3-4,6H3/b21-11+,28-18+. The van der Waals surface area contributed by atoms with E-state index in [1.54, 1.807) is 12.2 Å². The Bertz CT molecular complexity index is 1010. The largest absolute Gasteiger partial charge is 0.494 e. The molecule has 0 bridgehead atoms. The number of rotatable bonds is 11. The molecule has 0 radical (unpaired) electrons. The summed E-state index contributed by atoms with van der Waals surface area (Å²) in [5.41, 5.74) is 4.94. The van der Waals surface area contributed by atoms with Crippen molar-refractivity contribution in [2.24, 2.45) is 4.99 Å². The quantitative estimate of drug-likeness (QED) is 0.232. The fraction of sp³-hybridized carbons (Fsp3) is 0.192. The molecule has 0 spiro atoms. The highest BCUT2D eigenvalue weighted by molar-refractivity contribution is 7.17. The van der Waals surface area contributed by atoms with Gasteiger partial charge in [-0.2, -0.15) is 0 Å². The highest BCUT2D eigenvalue weighted by Gasteiger charge is 2.10. The van der Waals surface area contributed by atoms with Crippen LogP contribution in [0, 0.1) is 0 Å². The molecular formula is C26H31N2O2P. The van der Waals surface area contributed by atoms with Crippen molar-refractivity contribution in [2.75, 3.05) is 11.9 Å². The Labute approximate surface area is 188 Å². The molecule has 0 amide bonds. The normalized spacial score (nSPS) is 12.6. The van der Waals surface area contributed by atoms with Crippen molar-refractivity contribution in [3.8, 4) is 11.5 Å². The Morgan fingerprint density at radius 1 is 1.19 bits per heavy atom. The molecule has 5 heteroatoms. The zero-order chi connectivity index (χ0) is 22.8. The minimum Gasteiger partial charge on any atom is -0.494 e. The van der Waals surface area contributed by atoms with E-state index in [0.29, 0.717) is 12.3 Å². The lowest BCUT2D eigenvalue weighted by molar-refractivity contribution is 0.307. The molecular weight excluding hydrogens is 403 g/mol. The van der Waals surface area contributed by atoms with Gasteiger partial charge in [0.2, 0.25) is 0 Å². The van der Waals surface area contributed by atoms with E-state index in [1.807, 2.05) is 69.3 Å². The molecule has 2 atom stereocenters. The number of hydrogen-bond donors (Lipinski definition) is 1. The molecule has 0 aliphatic rings. The second-order valence-electron chi connectivity index (χ2n) is 6.83. The zero-order valence-corrected chi connectivity index (χ0v) is 19.7.